The lowest BCUT2D eigenvalue weighted by Gasteiger charge is -1.97. The minimum absolute atomic E-state index is 0.0358. The minimum Gasteiger partial charge on any atom is -0.481 e. The molecular formula is C11H14O3. The maximum atomic E-state index is 10.9. The molecule has 1 aromatic rings. The molecule has 0 saturated heterocycles. The number of hydrogen-bond donors (Lipinski definition) is 1. The lowest BCUT2D eigenvalue weighted by molar-refractivity contribution is -0.139. The fraction of sp³-hybridized carbons (Fsp3) is 0.545. The second-order valence-electron chi connectivity index (χ2n) is 4.56. The Bertz CT molecular complexity index is 376. The van der Waals surface area contributed by atoms with Gasteiger partial charge in [-0.2, -0.15) is 0 Å². The van der Waals surface area contributed by atoms with Crippen LogP contribution in [0.1, 0.15) is 31.3 Å². The summed E-state index contributed by atoms with van der Waals surface area (Å²) in [5.41, 5.74) is -0.171. The molecule has 0 bridgehead atoms. The number of carboxylic acids is 1. The first-order valence-electron chi connectivity index (χ1n) is 4.73. The molecule has 0 radical (unpaired) electrons. The average Bonchev–Trinajstić information content (AvgIpc) is 2.42. The van der Waals surface area contributed by atoms with Crippen molar-refractivity contribution in [2.24, 2.45) is 11.3 Å². The molecule has 0 spiro atoms. The summed E-state index contributed by atoms with van der Waals surface area (Å²) in [5.74, 6) is 0.655. The van der Waals surface area contributed by atoms with E-state index >= 15 is 0 Å². The third-order valence-corrected chi connectivity index (χ3v) is 3.16. The topological polar surface area (TPSA) is 50.4 Å². The molecule has 0 aromatic carbocycles. The van der Waals surface area contributed by atoms with Gasteiger partial charge in [0.2, 0.25) is 0 Å². The van der Waals surface area contributed by atoms with E-state index in [1.165, 1.54) is 0 Å². The highest BCUT2D eigenvalue weighted by molar-refractivity contribution is 5.77. The van der Waals surface area contributed by atoms with Crippen LogP contribution in [0.3, 0.4) is 0 Å². The SMILES string of the molecule is Cc1ccc(C2C(C(=O)O)C2(C)C)o1. The van der Waals surface area contributed by atoms with Gasteiger partial charge in [-0.3, -0.25) is 4.79 Å². The molecule has 2 rings (SSSR count). The zero-order valence-corrected chi connectivity index (χ0v) is 8.57. The fourth-order valence-corrected chi connectivity index (χ4v) is 2.25. The van der Waals surface area contributed by atoms with Gasteiger partial charge in [-0.05, 0) is 24.5 Å². The second-order valence-corrected chi connectivity index (χ2v) is 4.56. The van der Waals surface area contributed by atoms with Crippen LogP contribution in [0, 0.1) is 18.3 Å². The Morgan fingerprint density at radius 3 is 2.50 bits per heavy atom. The summed E-state index contributed by atoms with van der Waals surface area (Å²) in [6.07, 6.45) is 0. The summed E-state index contributed by atoms with van der Waals surface area (Å²) in [6, 6.07) is 3.76. The van der Waals surface area contributed by atoms with Crippen molar-refractivity contribution in [1.29, 1.82) is 0 Å². The van der Waals surface area contributed by atoms with Gasteiger partial charge in [-0.1, -0.05) is 13.8 Å². The van der Waals surface area contributed by atoms with E-state index < -0.39 is 5.97 Å². The second kappa shape index (κ2) is 2.62. The van der Waals surface area contributed by atoms with Crippen molar-refractivity contribution in [3.63, 3.8) is 0 Å². The van der Waals surface area contributed by atoms with Gasteiger partial charge in [0.15, 0.2) is 0 Å². The molecule has 1 heterocycles. The van der Waals surface area contributed by atoms with Crippen molar-refractivity contribution in [2.45, 2.75) is 26.7 Å². The lowest BCUT2D eigenvalue weighted by atomic mass is 10.1. The predicted molar refractivity (Wildman–Crippen MR) is 51.1 cm³/mol. The van der Waals surface area contributed by atoms with Crippen LogP contribution in [0.15, 0.2) is 16.5 Å². The normalized spacial score (nSPS) is 28.8. The van der Waals surface area contributed by atoms with E-state index in [4.69, 9.17) is 9.52 Å². The highest BCUT2D eigenvalue weighted by Crippen LogP contribution is 2.64. The Kier molecular flexibility index (Phi) is 1.74. The standard InChI is InChI=1S/C11H14O3/c1-6-4-5-7(14-6)8-9(10(12)13)11(8,2)3/h4-5,8-9H,1-3H3,(H,12,13). The van der Waals surface area contributed by atoms with Crippen LogP contribution >= 0.6 is 0 Å². The van der Waals surface area contributed by atoms with Crippen LogP contribution < -0.4 is 0 Å². The van der Waals surface area contributed by atoms with Gasteiger partial charge in [0, 0.05) is 5.92 Å². The van der Waals surface area contributed by atoms with E-state index in [1.54, 1.807) is 0 Å². The first-order chi connectivity index (χ1) is 6.44. The number of hydrogen-bond acceptors (Lipinski definition) is 2. The zero-order valence-electron chi connectivity index (χ0n) is 8.57. The van der Waals surface area contributed by atoms with E-state index in [1.807, 2.05) is 32.9 Å². The lowest BCUT2D eigenvalue weighted by Crippen LogP contribution is -2.02. The molecule has 1 aromatic heterocycles. The predicted octanol–water partition coefficient (Wildman–Crippen LogP) is 2.41. The van der Waals surface area contributed by atoms with Gasteiger partial charge in [-0.25, -0.2) is 0 Å². The molecule has 1 N–H and O–H groups in total. The van der Waals surface area contributed by atoms with Crippen LogP contribution in [0.25, 0.3) is 0 Å². The number of carboxylic acid groups (broad SMARTS) is 1. The molecule has 1 aliphatic rings. The van der Waals surface area contributed by atoms with Crippen molar-refractivity contribution in [3.05, 3.63) is 23.7 Å². The Morgan fingerprint density at radius 2 is 2.14 bits per heavy atom. The third-order valence-electron chi connectivity index (χ3n) is 3.16. The summed E-state index contributed by atoms with van der Waals surface area (Å²) in [6.45, 7) is 5.80. The van der Waals surface area contributed by atoms with Crippen molar-refractivity contribution < 1.29 is 14.3 Å². The van der Waals surface area contributed by atoms with Crippen LogP contribution in [0.5, 0.6) is 0 Å². The fourth-order valence-electron chi connectivity index (χ4n) is 2.25. The molecule has 1 fully saturated rings. The summed E-state index contributed by atoms with van der Waals surface area (Å²) >= 11 is 0. The summed E-state index contributed by atoms with van der Waals surface area (Å²) in [5, 5.41) is 8.99. The van der Waals surface area contributed by atoms with Gasteiger partial charge >= 0.3 is 5.97 Å². The van der Waals surface area contributed by atoms with Crippen LogP contribution in [0.2, 0.25) is 0 Å². The summed E-state index contributed by atoms with van der Waals surface area (Å²) in [4.78, 5) is 10.9. The highest BCUT2D eigenvalue weighted by Gasteiger charge is 2.64. The molecule has 0 aliphatic heterocycles. The largest absolute Gasteiger partial charge is 0.481 e. The number of carbonyl (C=O) groups is 1. The molecule has 0 amide bonds. The van der Waals surface area contributed by atoms with Crippen LogP contribution in [-0.2, 0) is 4.79 Å². The van der Waals surface area contributed by atoms with Crippen molar-refractivity contribution >= 4 is 5.97 Å². The Hall–Kier alpha value is -1.25. The van der Waals surface area contributed by atoms with Crippen molar-refractivity contribution in [2.75, 3.05) is 0 Å². The molecule has 14 heavy (non-hydrogen) atoms. The number of furan rings is 1. The molecule has 3 nitrogen and oxygen atoms in total. The number of rotatable bonds is 2. The molecule has 3 heteroatoms. The monoisotopic (exact) mass is 194 g/mol. The van der Waals surface area contributed by atoms with E-state index in [-0.39, 0.29) is 17.3 Å². The quantitative estimate of drug-likeness (QED) is 0.786. The molecule has 2 unspecified atom stereocenters. The smallest absolute Gasteiger partial charge is 0.307 e. The van der Waals surface area contributed by atoms with Gasteiger partial charge in [0.1, 0.15) is 11.5 Å². The highest BCUT2D eigenvalue weighted by atomic mass is 16.4. The average molecular weight is 194 g/mol. The van der Waals surface area contributed by atoms with Crippen molar-refractivity contribution in [1.82, 2.24) is 0 Å². The molecule has 1 saturated carbocycles. The summed E-state index contributed by atoms with van der Waals surface area (Å²) in [7, 11) is 0. The van der Waals surface area contributed by atoms with Crippen LogP contribution in [0.4, 0.5) is 0 Å². The zero-order chi connectivity index (χ0) is 10.5. The van der Waals surface area contributed by atoms with Crippen molar-refractivity contribution in [3.8, 4) is 0 Å². The Morgan fingerprint density at radius 1 is 1.50 bits per heavy atom. The van der Waals surface area contributed by atoms with Crippen LogP contribution in [-0.4, -0.2) is 11.1 Å². The Labute approximate surface area is 82.7 Å². The first kappa shape index (κ1) is 9.31. The number of aliphatic carboxylic acids is 1. The van der Waals surface area contributed by atoms with Gasteiger partial charge < -0.3 is 9.52 Å². The first-order valence-corrected chi connectivity index (χ1v) is 4.73. The van der Waals surface area contributed by atoms with E-state index in [2.05, 4.69) is 0 Å². The Balaban J connectivity index is 2.27. The molecule has 76 valence electrons. The molecule has 1 aliphatic carbocycles. The number of aryl methyl sites for hydroxylation is 1. The minimum atomic E-state index is -0.728. The van der Waals surface area contributed by atoms with Gasteiger partial charge in [0.05, 0.1) is 5.92 Å². The van der Waals surface area contributed by atoms with E-state index in [0.29, 0.717) is 0 Å². The molecular weight excluding hydrogens is 180 g/mol. The van der Waals surface area contributed by atoms with Gasteiger partial charge in [0.25, 0.3) is 0 Å². The third kappa shape index (κ3) is 1.15. The maximum absolute atomic E-state index is 10.9. The molecule has 2 atom stereocenters. The van der Waals surface area contributed by atoms with E-state index in [9.17, 15) is 4.79 Å². The van der Waals surface area contributed by atoms with E-state index in [0.717, 1.165) is 11.5 Å². The maximum Gasteiger partial charge on any atom is 0.307 e. The van der Waals surface area contributed by atoms with Gasteiger partial charge in [-0.15, -0.1) is 0 Å². The summed E-state index contributed by atoms with van der Waals surface area (Å²) < 4.78 is 5.46.